The number of aliphatic hydroxyl groups excluding tert-OH is 1. The summed E-state index contributed by atoms with van der Waals surface area (Å²) in [6.07, 6.45) is 62.8. The summed E-state index contributed by atoms with van der Waals surface area (Å²) >= 11 is 0. The molecule has 0 spiro atoms. The van der Waals surface area contributed by atoms with E-state index < -0.39 is 97.5 Å². The molecule has 0 aliphatic rings. The highest BCUT2D eigenvalue weighted by atomic mass is 31.2. The maximum atomic E-state index is 13.1. The zero-order valence-electron chi connectivity index (χ0n) is 62.4. The Labute approximate surface area is 588 Å². The first-order valence-electron chi connectivity index (χ1n) is 40.3. The van der Waals surface area contributed by atoms with Crippen LogP contribution in [0.25, 0.3) is 0 Å². The zero-order chi connectivity index (χ0) is 70.4. The van der Waals surface area contributed by atoms with E-state index in [1.54, 1.807) is 0 Å². The molecule has 19 heteroatoms. The predicted octanol–water partition coefficient (Wildman–Crippen LogP) is 23.0. The molecule has 0 fully saturated rings. The molecule has 3 N–H and O–H groups in total. The Kier molecular flexibility index (Phi) is 70.0. The fourth-order valence-corrected chi connectivity index (χ4v) is 13.5. The highest BCUT2D eigenvalue weighted by Crippen LogP contribution is 2.45. The first-order chi connectivity index (χ1) is 46.7. The number of hydrogen-bond donors (Lipinski definition) is 3. The molecule has 570 valence electrons. The monoisotopic (exact) mass is 1410 g/mol. The molecular weight excluding hydrogens is 1260 g/mol. The fourth-order valence-electron chi connectivity index (χ4n) is 11.9. The molecule has 5 atom stereocenters. The molecule has 0 radical (unpaired) electrons. The van der Waals surface area contributed by atoms with E-state index in [2.05, 4.69) is 27.7 Å². The van der Waals surface area contributed by atoms with E-state index in [0.717, 1.165) is 103 Å². The number of esters is 4. The Bertz CT molecular complexity index is 1830. The summed E-state index contributed by atoms with van der Waals surface area (Å²) in [4.78, 5) is 72.6. The molecule has 0 saturated heterocycles. The number of carbonyl (C=O) groups is 4. The van der Waals surface area contributed by atoms with Crippen molar-refractivity contribution < 1.29 is 80.2 Å². The van der Waals surface area contributed by atoms with Crippen LogP contribution in [0.1, 0.15) is 413 Å². The maximum absolute atomic E-state index is 13.1. The highest BCUT2D eigenvalue weighted by molar-refractivity contribution is 7.47. The molecule has 0 rings (SSSR count). The molecule has 96 heavy (non-hydrogen) atoms. The molecule has 0 aromatic rings. The lowest BCUT2D eigenvalue weighted by Crippen LogP contribution is -2.30. The fraction of sp³-hybridized carbons (Fsp3) is 0.948. The van der Waals surface area contributed by atoms with Gasteiger partial charge in [-0.1, -0.05) is 362 Å². The van der Waals surface area contributed by atoms with Crippen LogP contribution in [0.2, 0.25) is 0 Å². The molecule has 17 nitrogen and oxygen atoms in total. The van der Waals surface area contributed by atoms with Crippen LogP contribution in [0.3, 0.4) is 0 Å². The summed E-state index contributed by atoms with van der Waals surface area (Å²) in [5, 5.41) is 10.6. The lowest BCUT2D eigenvalue weighted by atomic mass is 10.0. The van der Waals surface area contributed by atoms with E-state index >= 15 is 0 Å². The van der Waals surface area contributed by atoms with Gasteiger partial charge in [0.2, 0.25) is 0 Å². The van der Waals surface area contributed by atoms with E-state index in [1.165, 1.54) is 231 Å². The summed E-state index contributed by atoms with van der Waals surface area (Å²) in [7, 11) is -9.90. The van der Waals surface area contributed by atoms with Gasteiger partial charge in [0.15, 0.2) is 12.2 Å². The van der Waals surface area contributed by atoms with Crippen molar-refractivity contribution in [2.45, 2.75) is 431 Å². The van der Waals surface area contributed by atoms with Crippen LogP contribution in [0.4, 0.5) is 0 Å². The van der Waals surface area contributed by atoms with Gasteiger partial charge >= 0.3 is 39.5 Å². The van der Waals surface area contributed by atoms with Crippen molar-refractivity contribution in [2.75, 3.05) is 39.6 Å². The molecule has 0 bridgehead atoms. The van der Waals surface area contributed by atoms with Crippen LogP contribution in [0, 0.1) is 0 Å². The number of carbonyl (C=O) groups excluding carboxylic acids is 4. The van der Waals surface area contributed by atoms with Gasteiger partial charge in [-0.05, 0) is 25.7 Å². The third-order valence-electron chi connectivity index (χ3n) is 18.1. The second-order valence-corrected chi connectivity index (χ2v) is 30.7. The average molecular weight is 1410 g/mol. The first kappa shape index (κ1) is 94.1. The molecular formula is C77H150O17P2. The lowest BCUT2D eigenvalue weighted by Gasteiger charge is -2.21. The number of unbranched alkanes of at least 4 members (excludes halogenated alkanes) is 52. The molecule has 0 heterocycles. The Morgan fingerprint density at radius 2 is 0.417 bits per heavy atom. The van der Waals surface area contributed by atoms with Gasteiger partial charge in [0.25, 0.3) is 0 Å². The van der Waals surface area contributed by atoms with Crippen LogP contribution in [-0.4, -0.2) is 96.7 Å². The van der Waals surface area contributed by atoms with Crippen molar-refractivity contribution in [1.82, 2.24) is 0 Å². The summed E-state index contributed by atoms with van der Waals surface area (Å²) in [6, 6.07) is 0. The SMILES string of the molecule is CCCCCCCCCCCCCCCCCCCCCCCCC(=O)O[C@H](COC(=O)CCCCCCCCCCCCCCCCCCCC)COP(=O)(O)OC[C@@H](O)COP(=O)(O)OC[C@@H](COC(=O)CCCCCCCCCC)OC(=O)CCCCCCCCCC. The number of rotatable bonds is 78. The van der Waals surface area contributed by atoms with Crippen LogP contribution in [0.5, 0.6) is 0 Å². The van der Waals surface area contributed by atoms with Crippen LogP contribution < -0.4 is 0 Å². The molecule has 0 aromatic carbocycles. The lowest BCUT2D eigenvalue weighted by molar-refractivity contribution is -0.161. The number of hydrogen-bond acceptors (Lipinski definition) is 15. The van der Waals surface area contributed by atoms with Gasteiger partial charge in [-0.15, -0.1) is 0 Å². The van der Waals surface area contributed by atoms with E-state index in [9.17, 15) is 43.2 Å². The van der Waals surface area contributed by atoms with E-state index in [4.69, 9.17) is 37.0 Å². The summed E-state index contributed by atoms with van der Waals surface area (Å²) in [6.45, 7) is 4.93. The minimum Gasteiger partial charge on any atom is -0.462 e. The normalized spacial score (nSPS) is 13.9. The van der Waals surface area contributed by atoms with Gasteiger partial charge in [0.05, 0.1) is 26.4 Å². The van der Waals surface area contributed by atoms with Crippen molar-refractivity contribution in [2.24, 2.45) is 0 Å². The Balaban J connectivity index is 5.12. The summed E-state index contributed by atoms with van der Waals surface area (Å²) in [5.41, 5.74) is 0. The minimum atomic E-state index is -4.96. The summed E-state index contributed by atoms with van der Waals surface area (Å²) in [5.74, 6) is -2.12. The van der Waals surface area contributed by atoms with E-state index in [-0.39, 0.29) is 25.7 Å². The van der Waals surface area contributed by atoms with Crippen LogP contribution >= 0.6 is 15.6 Å². The minimum absolute atomic E-state index is 0.105. The van der Waals surface area contributed by atoms with Crippen molar-refractivity contribution in [1.29, 1.82) is 0 Å². The number of ether oxygens (including phenoxy) is 4. The first-order valence-corrected chi connectivity index (χ1v) is 43.3. The average Bonchev–Trinajstić information content (AvgIpc) is 2.66. The van der Waals surface area contributed by atoms with Gasteiger partial charge in [-0.25, -0.2) is 9.13 Å². The third-order valence-corrected chi connectivity index (χ3v) is 20.0. The van der Waals surface area contributed by atoms with Crippen molar-refractivity contribution in [3.05, 3.63) is 0 Å². The van der Waals surface area contributed by atoms with Crippen molar-refractivity contribution in [3.63, 3.8) is 0 Å². The van der Waals surface area contributed by atoms with E-state index in [0.29, 0.717) is 25.7 Å². The van der Waals surface area contributed by atoms with Gasteiger partial charge < -0.3 is 33.8 Å². The molecule has 0 aliphatic carbocycles. The third kappa shape index (κ3) is 70.5. The maximum Gasteiger partial charge on any atom is 0.472 e. The predicted molar refractivity (Wildman–Crippen MR) is 391 cm³/mol. The molecule has 0 aromatic heterocycles. The standard InChI is InChI=1S/C77H150O17P2/c1-5-9-13-17-21-25-27-29-31-33-35-36-37-38-40-42-44-46-48-52-56-60-64-77(82)94-73(68-88-75(80)62-58-54-51-47-45-43-41-39-34-32-30-28-26-22-18-14-10-6-2)70-92-96(85,86)90-66-71(78)65-89-95(83,84)91-69-72(93-76(81)63-59-55-50-24-20-16-12-8-4)67-87-74(79)61-57-53-49-23-19-15-11-7-3/h71-73,78H,5-70H2,1-4H3,(H,83,84)(H,85,86)/t71-,72+,73+/m0/s1. The van der Waals surface area contributed by atoms with Crippen molar-refractivity contribution in [3.8, 4) is 0 Å². The molecule has 0 aliphatic heterocycles. The Morgan fingerprint density at radius 3 is 0.615 bits per heavy atom. The smallest absolute Gasteiger partial charge is 0.462 e. The largest absolute Gasteiger partial charge is 0.472 e. The molecule has 2 unspecified atom stereocenters. The Morgan fingerprint density at radius 1 is 0.250 bits per heavy atom. The number of phosphoric acid groups is 2. The number of aliphatic hydroxyl groups is 1. The van der Waals surface area contributed by atoms with Gasteiger partial charge in [-0.3, -0.25) is 37.3 Å². The zero-order valence-corrected chi connectivity index (χ0v) is 64.1. The topological polar surface area (TPSA) is 237 Å². The van der Waals surface area contributed by atoms with Gasteiger partial charge in [0, 0.05) is 25.7 Å². The highest BCUT2D eigenvalue weighted by Gasteiger charge is 2.30. The summed E-state index contributed by atoms with van der Waals surface area (Å²) < 4.78 is 68.3. The Hall–Kier alpha value is -1.94. The van der Waals surface area contributed by atoms with Crippen molar-refractivity contribution >= 4 is 39.5 Å². The quantitative estimate of drug-likeness (QED) is 0.0222. The van der Waals surface area contributed by atoms with E-state index in [1.807, 2.05) is 0 Å². The second-order valence-electron chi connectivity index (χ2n) is 27.7. The van der Waals surface area contributed by atoms with Crippen LogP contribution in [0.15, 0.2) is 0 Å². The molecule has 0 saturated carbocycles. The second kappa shape index (κ2) is 71.5. The van der Waals surface area contributed by atoms with Gasteiger partial charge in [-0.2, -0.15) is 0 Å². The van der Waals surface area contributed by atoms with Gasteiger partial charge in [0.1, 0.15) is 19.3 Å². The van der Waals surface area contributed by atoms with Crippen LogP contribution in [-0.2, 0) is 65.4 Å². The number of phosphoric ester groups is 2. The molecule has 0 amide bonds.